The normalized spacial score (nSPS) is 10.6. The van der Waals surface area contributed by atoms with Crippen LogP contribution in [0.15, 0.2) is 30.4 Å². The lowest BCUT2D eigenvalue weighted by Crippen LogP contribution is -2.24. The minimum atomic E-state index is -0.612. The molecule has 1 aromatic rings. The maximum Gasteiger partial charge on any atom is 0.288 e. The number of carbonyl (C=O) groups excluding carboxylic acids is 1. The summed E-state index contributed by atoms with van der Waals surface area (Å²) in [5, 5.41) is 13.4. The van der Waals surface area contributed by atoms with E-state index in [-0.39, 0.29) is 22.2 Å². The highest BCUT2D eigenvalue weighted by atomic mass is 35.5. The van der Waals surface area contributed by atoms with E-state index in [9.17, 15) is 14.9 Å². The van der Waals surface area contributed by atoms with E-state index in [1.807, 2.05) is 19.1 Å². The van der Waals surface area contributed by atoms with E-state index in [1.54, 1.807) is 0 Å². The van der Waals surface area contributed by atoms with Crippen molar-refractivity contribution in [2.45, 2.75) is 13.3 Å². The lowest BCUT2D eigenvalue weighted by atomic mass is 10.2. The standard InChI is InChI=1S/C12H13ClN2O3/c1-2-3-4-7-14-12(16)9-5-6-10(13)11(8-9)15(17)18/h2-3,5-6,8H,4,7H2,1H3,(H,14,16)/b3-2+. The lowest BCUT2D eigenvalue weighted by Gasteiger charge is -2.04. The molecule has 18 heavy (non-hydrogen) atoms. The topological polar surface area (TPSA) is 72.2 Å². The predicted octanol–water partition coefficient (Wildman–Crippen LogP) is 2.94. The van der Waals surface area contributed by atoms with Crippen LogP contribution >= 0.6 is 11.6 Å². The molecule has 0 radical (unpaired) electrons. The molecule has 0 saturated heterocycles. The molecule has 1 N–H and O–H groups in total. The SMILES string of the molecule is C/C=C/CCNC(=O)c1ccc(Cl)c([N+](=O)[O-])c1. The Hall–Kier alpha value is -1.88. The van der Waals surface area contributed by atoms with Crippen LogP contribution in [0.4, 0.5) is 5.69 Å². The maximum atomic E-state index is 11.7. The summed E-state index contributed by atoms with van der Waals surface area (Å²) in [7, 11) is 0. The van der Waals surface area contributed by atoms with Gasteiger partial charge in [-0.2, -0.15) is 0 Å². The highest BCUT2D eigenvalue weighted by Gasteiger charge is 2.15. The Bertz CT molecular complexity index is 486. The zero-order valence-electron chi connectivity index (χ0n) is 9.85. The van der Waals surface area contributed by atoms with Gasteiger partial charge in [0.2, 0.25) is 0 Å². The first-order valence-corrected chi connectivity index (χ1v) is 5.77. The van der Waals surface area contributed by atoms with E-state index >= 15 is 0 Å². The number of hydrogen-bond donors (Lipinski definition) is 1. The van der Waals surface area contributed by atoms with Crippen molar-refractivity contribution in [1.82, 2.24) is 5.32 Å². The number of nitrogens with one attached hydrogen (secondary N) is 1. The van der Waals surface area contributed by atoms with Crippen molar-refractivity contribution < 1.29 is 9.72 Å². The number of amides is 1. The highest BCUT2D eigenvalue weighted by Crippen LogP contribution is 2.24. The van der Waals surface area contributed by atoms with Crippen molar-refractivity contribution in [3.63, 3.8) is 0 Å². The Kier molecular flexibility index (Phi) is 5.32. The van der Waals surface area contributed by atoms with E-state index in [0.29, 0.717) is 6.54 Å². The Morgan fingerprint density at radius 1 is 1.56 bits per heavy atom. The van der Waals surface area contributed by atoms with Gasteiger partial charge in [0.15, 0.2) is 0 Å². The fourth-order valence-corrected chi connectivity index (χ4v) is 1.52. The van der Waals surface area contributed by atoms with Gasteiger partial charge in [-0.1, -0.05) is 23.8 Å². The van der Waals surface area contributed by atoms with Gasteiger partial charge < -0.3 is 5.32 Å². The molecule has 1 amide bonds. The molecule has 0 heterocycles. The number of hydrogen-bond acceptors (Lipinski definition) is 3. The number of allylic oxidation sites excluding steroid dienone is 1. The summed E-state index contributed by atoms with van der Waals surface area (Å²) < 4.78 is 0. The molecule has 6 heteroatoms. The molecule has 0 aromatic heterocycles. The van der Waals surface area contributed by atoms with Crippen molar-refractivity contribution in [3.05, 3.63) is 51.1 Å². The Labute approximate surface area is 110 Å². The molecule has 0 aliphatic rings. The van der Waals surface area contributed by atoms with Gasteiger partial charge in [0.25, 0.3) is 11.6 Å². The molecule has 0 spiro atoms. The Morgan fingerprint density at radius 3 is 2.89 bits per heavy atom. The number of nitrogens with zero attached hydrogens (tertiary/aromatic N) is 1. The van der Waals surface area contributed by atoms with Crippen LogP contribution < -0.4 is 5.32 Å². The van der Waals surface area contributed by atoms with Crippen LogP contribution in [-0.4, -0.2) is 17.4 Å². The van der Waals surface area contributed by atoms with E-state index in [1.165, 1.54) is 18.2 Å². The van der Waals surface area contributed by atoms with Crippen molar-refractivity contribution in [3.8, 4) is 0 Å². The minimum Gasteiger partial charge on any atom is -0.352 e. The molecule has 96 valence electrons. The summed E-state index contributed by atoms with van der Waals surface area (Å²) in [6.07, 6.45) is 4.53. The smallest absolute Gasteiger partial charge is 0.288 e. The van der Waals surface area contributed by atoms with Gasteiger partial charge in [-0.05, 0) is 25.5 Å². The van der Waals surface area contributed by atoms with Gasteiger partial charge in [-0.25, -0.2) is 0 Å². The average molecular weight is 269 g/mol. The average Bonchev–Trinajstić information content (AvgIpc) is 2.34. The first-order valence-electron chi connectivity index (χ1n) is 5.39. The zero-order chi connectivity index (χ0) is 13.5. The Morgan fingerprint density at radius 2 is 2.28 bits per heavy atom. The van der Waals surface area contributed by atoms with Crippen molar-refractivity contribution in [1.29, 1.82) is 0 Å². The van der Waals surface area contributed by atoms with Crippen molar-refractivity contribution in [2.75, 3.05) is 6.54 Å². The highest BCUT2D eigenvalue weighted by molar-refractivity contribution is 6.32. The van der Waals surface area contributed by atoms with Crippen LogP contribution in [0.2, 0.25) is 5.02 Å². The summed E-state index contributed by atoms with van der Waals surface area (Å²) in [6, 6.07) is 3.98. The fourth-order valence-electron chi connectivity index (χ4n) is 1.33. The minimum absolute atomic E-state index is 0.0190. The second kappa shape index (κ2) is 6.76. The third-order valence-corrected chi connectivity index (χ3v) is 2.56. The molecule has 0 saturated carbocycles. The number of halogens is 1. The van der Waals surface area contributed by atoms with E-state index in [4.69, 9.17) is 11.6 Å². The quantitative estimate of drug-likeness (QED) is 0.386. The van der Waals surface area contributed by atoms with Gasteiger partial charge in [0, 0.05) is 18.2 Å². The number of nitro groups is 1. The molecule has 1 aromatic carbocycles. The molecule has 1 rings (SSSR count). The third-order valence-electron chi connectivity index (χ3n) is 2.24. The van der Waals surface area contributed by atoms with Crippen LogP contribution in [-0.2, 0) is 0 Å². The molecule has 0 aliphatic heterocycles. The third kappa shape index (κ3) is 3.85. The van der Waals surface area contributed by atoms with Gasteiger partial charge in [0.05, 0.1) is 4.92 Å². The summed E-state index contributed by atoms with van der Waals surface area (Å²) in [5.41, 5.74) is -0.0376. The first kappa shape index (κ1) is 14.2. The summed E-state index contributed by atoms with van der Waals surface area (Å²) in [4.78, 5) is 21.8. The second-order valence-electron chi connectivity index (χ2n) is 3.54. The van der Waals surface area contributed by atoms with Crippen LogP contribution in [0.25, 0.3) is 0 Å². The van der Waals surface area contributed by atoms with E-state index < -0.39 is 4.92 Å². The Balaban J connectivity index is 2.74. The fraction of sp³-hybridized carbons (Fsp3) is 0.250. The second-order valence-corrected chi connectivity index (χ2v) is 3.94. The molecule has 0 aliphatic carbocycles. The molecule has 0 unspecified atom stereocenters. The number of carbonyl (C=O) groups is 1. The van der Waals surface area contributed by atoms with Crippen LogP contribution in [0.5, 0.6) is 0 Å². The number of nitro benzene ring substituents is 1. The number of rotatable bonds is 5. The van der Waals surface area contributed by atoms with Crippen molar-refractivity contribution >= 4 is 23.2 Å². The van der Waals surface area contributed by atoms with Crippen molar-refractivity contribution in [2.24, 2.45) is 0 Å². The molecular formula is C12H13ClN2O3. The summed E-state index contributed by atoms with van der Waals surface area (Å²) >= 11 is 5.66. The molecule has 0 atom stereocenters. The molecule has 5 nitrogen and oxygen atoms in total. The van der Waals surface area contributed by atoms with Crippen LogP contribution in [0.3, 0.4) is 0 Å². The molecular weight excluding hydrogens is 256 g/mol. The lowest BCUT2D eigenvalue weighted by molar-refractivity contribution is -0.384. The monoisotopic (exact) mass is 268 g/mol. The van der Waals surface area contributed by atoms with Crippen LogP contribution in [0, 0.1) is 10.1 Å². The molecule has 0 fully saturated rings. The van der Waals surface area contributed by atoms with Gasteiger partial charge in [0.1, 0.15) is 5.02 Å². The molecule has 0 bridgehead atoms. The summed E-state index contributed by atoms with van der Waals surface area (Å²) in [5.74, 6) is -0.348. The van der Waals surface area contributed by atoms with Gasteiger partial charge in [-0.3, -0.25) is 14.9 Å². The predicted molar refractivity (Wildman–Crippen MR) is 69.9 cm³/mol. The van der Waals surface area contributed by atoms with E-state index in [0.717, 1.165) is 6.42 Å². The van der Waals surface area contributed by atoms with E-state index in [2.05, 4.69) is 5.32 Å². The van der Waals surface area contributed by atoms with Gasteiger partial charge >= 0.3 is 0 Å². The van der Waals surface area contributed by atoms with Gasteiger partial charge in [-0.15, -0.1) is 0 Å². The maximum absolute atomic E-state index is 11.7. The van der Waals surface area contributed by atoms with Crippen LogP contribution in [0.1, 0.15) is 23.7 Å². The largest absolute Gasteiger partial charge is 0.352 e. The first-order chi connectivity index (χ1) is 8.56. The number of benzene rings is 1. The zero-order valence-corrected chi connectivity index (χ0v) is 10.6. The summed E-state index contributed by atoms with van der Waals surface area (Å²) in [6.45, 7) is 2.38.